The van der Waals surface area contributed by atoms with E-state index in [2.05, 4.69) is 48.3 Å². The molecule has 0 spiro atoms. The zero-order valence-electron chi connectivity index (χ0n) is 19.8. The summed E-state index contributed by atoms with van der Waals surface area (Å²) in [5.74, 6) is -0.0469. The number of para-hydroxylation sites is 1. The van der Waals surface area contributed by atoms with Crippen molar-refractivity contribution in [2.75, 3.05) is 27.2 Å². The smallest absolute Gasteiger partial charge is 0.320 e. The van der Waals surface area contributed by atoms with Gasteiger partial charge in [0.2, 0.25) is 5.91 Å². The van der Waals surface area contributed by atoms with Crippen LogP contribution in [-0.4, -0.2) is 64.8 Å². The fourth-order valence-electron chi connectivity index (χ4n) is 3.77. The molecule has 0 aliphatic rings. The molecular weight excluding hydrogens is 400 g/mol. The van der Waals surface area contributed by atoms with Crippen molar-refractivity contribution in [1.29, 1.82) is 0 Å². The van der Waals surface area contributed by atoms with Crippen molar-refractivity contribution in [3.05, 3.63) is 71.4 Å². The van der Waals surface area contributed by atoms with Crippen LogP contribution in [0.25, 0.3) is 10.9 Å². The van der Waals surface area contributed by atoms with Crippen LogP contribution in [0.5, 0.6) is 0 Å². The number of amides is 3. The molecule has 0 unspecified atom stereocenters. The molecule has 0 atom stereocenters. The zero-order chi connectivity index (χ0) is 23.3. The number of rotatable bonds is 8. The van der Waals surface area contributed by atoms with Gasteiger partial charge in [0.1, 0.15) is 6.54 Å². The minimum Gasteiger partial charge on any atom is -0.361 e. The third-order valence-electron chi connectivity index (χ3n) is 5.73. The molecule has 3 amide bonds. The summed E-state index contributed by atoms with van der Waals surface area (Å²) in [6.07, 6.45) is 2.76. The molecule has 3 rings (SSSR count). The van der Waals surface area contributed by atoms with Crippen LogP contribution in [0.4, 0.5) is 4.79 Å². The lowest BCUT2D eigenvalue weighted by molar-refractivity contribution is -0.132. The van der Waals surface area contributed by atoms with Crippen LogP contribution in [0.3, 0.4) is 0 Å². The van der Waals surface area contributed by atoms with E-state index in [0.717, 1.165) is 17.5 Å². The van der Waals surface area contributed by atoms with E-state index in [4.69, 9.17) is 0 Å². The second-order valence-corrected chi connectivity index (χ2v) is 8.81. The van der Waals surface area contributed by atoms with Gasteiger partial charge in [-0.2, -0.15) is 0 Å². The second-order valence-electron chi connectivity index (χ2n) is 8.81. The van der Waals surface area contributed by atoms with Gasteiger partial charge in [0.25, 0.3) is 0 Å². The summed E-state index contributed by atoms with van der Waals surface area (Å²) >= 11 is 0. The van der Waals surface area contributed by atoms with Crippen molar-refractivity contribution in [1.82, 2.24) is 19.7 Å². The van der Waals surface area contributed by atoms with Crippen molar-refractivity contribution in [2.45, 2.75) is 39.8 Å². The summed E-state index contributed by atoms with van der Waals surface area (Å²) in [6.45, 7) is 7.08. The molecule has 1 heterocycles. The van der Waals surface area contributed by atoms with Gasteiger partial charge in [0, 0.05) is 50.3 Å². The standard InChI is InChI=1S/C26H34N4O2/c1-19(2)30(26(32)28(4)5)18-25(31)29(17-21-12-10-20(3)11-13-21)15-14-22-16-27-24-9-7-6-8-23(22)24/h6-13,16,19,27H,14-15,17-18H2,1-5H3. The van der Waals surface area contributed by atoms with Crippen molar-refractivity contribution < 1.29 is 9.59 Å². The van der Waals surface area contributed by atoms with Gasteiger partial charge in [-0.05, 0) is 44.4 Å². The Balaban J connectivity index is 1.79. The van der Waals surface area contributed by atoms with Gasteiger partial charge in [-0.25, -0.2) is 4.79 Å². The van der Waals surface area contributed by atoms with Gasteiger partial charge in [-0.15, -0.1) is 0 Å². The highest BCUT2D eigenvalue weighted by Crippen LogP contribution is 2.19. The number of carbonyl (C=O) groups excluding carboxylic acids is 2. The van der Waals surface area contributed by atoms with Gasteiger partial charge < -0.3 is 19.7 Å². The fraction of sp³-hybridized carbons (Fsp3) is 0.385. The average Bonchev–Trinajstić information content (AvgIpc) is 3.18. The number of hydrogen-bond donors (Lipinski definition) is 1. The number of nitrogens with zero attached hydrogens (tertiary/aromatic N) is 3. The van der Waals surface area contributed by atoms with Crippen LogP contribution in [0.2, 0.25) is 0 Å². The van der Waals surface area contributed by atoms with Crippen molar-refractivity contribution in [3.8, 4) is 0 Å². The van der Waals surface area contributed by atoms with E-state index in [1.807, 2.05) is 37.1 Å². The number of nitrogens with one attached hydrogen (secondary N) is 1. The maximum Gasteiger partial charge on any atom is 0.320 e. The summed E-state index contributed by atoms with van der Waals surface area (Å²) < 4.78 is 0. The minimum absolute atomic E-state index is 0.0469. The highest BCUT2D eigenvalue weighted by atomic mass is 16.2. The summed E-state index contributed by atoms with van der Waals surface area (Å²) in [5, 5.41) is 1.18. The van der Waals surface area contributed by atoms with E-state index in [-0.39, 0.29) is 24.5 Å². The van der Waals surface area contributed by atoms with E-state index in [1.165, 1.54) is 21.4 Å². The first kappa shape index (κ1) is 23.4. The molecule has 0 fully saturated rings. The van der Waals surface area contributed by atoms with Gasteiger partial charge in [0.15, 0.2) is 0 Å². The third-order valence-corrected chi connectivity index (χ3v) is 5.73. The molecule has 0 saturated carbocycles. The summed E-state index contributed by atoms with van der Waals surface area (Å²) in [6, 6.07) is 16.2. The molecule has 0 aliphatic heterocycles. The lowest BCUT2D eigenvalue weighted by Crippen LogP contribution is -2.49. The largest absolute Gasteiger partial charge is 0.361 e. The number of urea groups is 1. The fourth-order valence-corrected chi connectivity index (χ4v) is 3.77. The Morgan fingerprint density at radius 1 is 1.00 bits per heavy atom. The normalized spacial score (nSPS) is 11.1. The van der Waals surface area contributed by atoms with E-state index in [1.54, 1.807) is 19.0 Å². The monoisotopic (exact) mass is 434 g/mol. The Hall–Kier alpha value is -3.28. The molecule has 6 nitrogen and oxygen atoms in total. The Morgan fingerprint density at radius 3 is 2.34 bits per heavy atom. The van der Waals surface area contributed by atoms with Crippen LogP contribution >= 0.6 is 0 Å². The molecule has 3 aromatic rings. The predicted octanol–water partition coefficient (Wildman–Crippen LogP) is 4.44. The Labute approximate surface area is 190 Å². The third kappa shape index (κ3) is 5.69. The highest BCUT2D eigenvalue weighted by Gasteiger charge is 2.25. The molecule has 0 radical (unpaired) electrons. The first-order chi connectivity index (χ1) is 15.3. The van der Waals surface area contributed by atoms with E-state index < -0.39 is 0 Å². The number of aromatic amines is 1. The minimum atomic E-state index is -0.153. The molecule has 1 aromatic heterocycles. The maximum absolute atomic E-state index is 13.4. The Kier molecular flexibility index (Phi) is 7.57. The van der Waals surface area contributed by atoms with Crippen molar-refractivity contribution in [3.63, 3.8) is 0 Å². The number of aryl methyl sites for hydroxylation is 1. The topological polar surface area (TPSA) is 59.7 Å². The van der Waals surface area contributed by atoms with Crippen LogP contribution in [0.1, 0.15) is 30.5 Å². The first-order valence-electron chi connectivity index (χ1n) is 11.1. The molecule has 32 heavy (non-hydrogen) atoms. The number of fused-ring (bicyclic) bond motifs is 1. The van der Waals surface area contributed by atoms with Crippen molar-refractivity contribution in [2.24, 2.45) is 0 Å². The van der Waals surface area contributed by atoms with E-state index in [0.29, 0.717) is 13.1 Å². The summed E-state index contributed by atoms with van der Waals surface area (Å²) in [4.78, 5) is 34.3. The Morgan fingerprint density at radius 2 is 1.69 bits per heavy atom. The number of H-pyrrole nitrogens is 1. The molecule has 0 saturated heterocycles. The SMILES string of the molecule is Cc1ccc(CN(CCc2c[nH]c3ccccc23)C(=O)CN(C(=O)N(C)C)C(C)C)cc1. The number of hydrogen-bond acceptors (Lipinski definition) is 2. The summed E-state index contributed by atoms with van der Waals surface area (Å²) in [5.41, 5.74) is 4.56. The molecule has 1 N–H and O–H groups in total. The van der Waals surface area contributed by atoms with Gasteiger partial charge in [0.05, 0.1) is 0 Å². The molecule has 2 aromatic carbocycles. The second kappa shape index (κ2) is 10.4. The zero-order valence-corrected chi connectivity index (χ0v) is 19.8. The van der Waals surface area contributed by atoms with Crippen LogP contribution in [0, 0.1) is 6.92 Å². The lowest BCUT2D eigenvalue weighted by atomic mass is 10.1. The molecule has 170 valence electrons. The maximum atomic E-state index is 13.4. The van der Waals surface area contributed by atoms with E-state index >= 15 is 0 Å². The number of benzene rings is 2. The number of carbonyl (C=O) groups is 2. The van der Waals surface area contributed by atoms with Crippen LogP contribution < -0.4 is 0 Å². The molecule has 6 heteroatoms. The van der Waals surface area contributed by atoms with Gasteiger partial charge >= 0.3 is 6.03 Å². The summed E-state index contributed by atoms with van der Waals surface area (Å²) in [7, 11) is 3.42. The molecule has 0 aliphatic carbocycles. The predicted molar refractivity (Wildman–Crippen MR) is 130 cm³/mol. The average molecular weight is 435 g/mol. The Bertz CT molecular complexity index is 1050. The quantitative estimate of drug-likeness (QED) is 0.570. The highest BCUT2D eigenvalue weighted by molar-refractivity contribution is 5.85. The number of aromatic nitrogens is 1. The van der Waals surface area contributed by atoms with Gasteiger partial charge in [-0.1, -0.05) is 48.0 Å². The lowest BCUT2D eigenvalue weighted by Gasteiger charge is -2.32. The molecule has 0 bridgehead atoms. The van der Waals surface area contributed by atoms with Crippen LogP contribution in [-0.2, 0) is 17.8 Å². The molecular formula is C26H34N4O2. The van der Waals surface area contributed by atoms with Crippen LogP contribution in [0.15, 0.2) is 54.7 Å². The first-order valence-corrected chi connectivity index (χ1v) is 11.1. The van der Waals surface area contributed by atoms with Crippen molar-refractivity contribution >= 4 is 22.8 Å². The van der Waals surface area contributed by atoms with E-state index in [9.17, 15) is 9.59 Å². The van der Waals surface area contributed by atoms with Gasteiger partial charge in [-0.3, -0.25) is 4.79 Å².